The average Bonchev–Trinajstić information content (AvgIpc) is 2.29. The molecule has 5 heteroatoms. The number of nitrogens with zero attached hydrogens (tertiary/aromatic N) is 1. The van der Waals surface area contributed by atoms with Crippen molar-refractivity contribution in [1.29, 1.82) is 0 Å². The smallest absolute Gasteiger partial charge is 0.320 e. The Balaban J connectivity index is 2.23. The van der Waals surface area contributed by atoms with Gasteiger partial charge in [0, 0.05) is 23.7 Å². The number of rotatable bonds is 6. The van der Waals surface area contributed by atoms with Crippen molar-refractivity contribution in [3.63, 3.8) is 0 Å². The molecule has 1 heterocycles. The number of aromatic nitrogens is 1. The lowest BCUT2D eigenvalue weighted by atomic mass is 10.4. The summed E-state index contributed by atoms with van der Waals surface area (Å²) >= 11 is 1.73. The lowest BCUT2D eigenvalue weighted by Gasteiger charge is -2.06. The van der Waals surface area contributed by atoms with Crippen LogP contribution in [-0.2, 0) is 0 Å². The van der Waals surface area contributed by atoms with Crippen molar-refractivity contribution in [3.05, 3.63) is 36.5 Å². The number of anilines is 1. The number of carbonyl (C=O) groups is 1. The van der Waals surface area contributed by atoms with Crippen LogP contribution in [0.5, 0.6) is 0 Å². The molecule has 4 nitrogen and oxygen atoms in total. The zero-order valence-electron chi connectivity index (χ0n) is 9.90. The molecule has 0 saturated heterocycles. The lowest BCUT2D eigenvalue weighted by molar-refractivity contribution is 0.252. The van der Waals surface area contributed by atoms with Gasteiger partial charge in [0.25, 0.3) is 0 Å². The van der Waals surface area contributed by atoms with Crippen LogP contribution in [-0.4, -0.2) is 29.1 Å². The van der Waals surface area contributed by atoms with Crippen molar-refractivity contribution in [2.24, 2.45) is 0 Å². The summed E-state index contributed by atoms with van der Waals surface area (Å²) < 4.78 is 0. The van der Waals surface area contributed by atoms with E-state index >= 15 is 0 Å². The molecule has 0 aromatic carbocycles. The predicted molar refractivity (Wildman–Crippen MR) is 73.5 cm³/mol. The Morgan fingerprint density at radius 2 is 2.41 bits per heavy atom. The van der Waals surface area contributed by atoms with Gasteiger partial charge in [-0.05, 0) is 19.1 Å². The van der Waals surface area contributed by atoms with Gasteiger partial charge in [0.05, 0.1) is 0 Å². The Kier molecular flexibility index (Phi) is 6.17. The Morgan fingerprint density at radius 3 is 3.12 bits per heavy atom. The van der Waals surface area contributed by atoms with Gasteiger partial charge in [-0.15, -0.1) is 6.58 Å². The lowest BCUT2D eigenvalue weighted by Crippen LogP contribution is -2.30. The van der Waals surface area contributed by atoms with Crippen molar-refractivity contribution in [1.82, 2.24) is 10.3 Å². The summed E-state index contributed by atoms with van der Waals surface area (Å²) in [6, 6.07) is 5.29. The first-order valence-electron chi connectivity index (χ1n) is 5.39. The molecule has 0 atom stereocenters. The quantitative estimate of drug-likeness (QED) is 0.603. The first kappa shape index (κ1) is 13.6. The maximum atomic E-state index is 11.5. The molecule has 0 fully saturated rings. The molecule has 0 bridgehead atoms. The Morgan fingerprint density at radius 1 is 1.59 bits per heavy atom. The average molecular weight is 251 g/mol. The number of pyridine rings is 1. The molecule has 2 amide bonds. The van der Waals surface area contributed by atoms with Crippen molar-refractivity contribution in [2.45, 2.75) is 6.92 Å². The second kappa shape index (κ2) is 7.73. The zero-order valence-corrected chi connectivity index (χ0v) is 10.7. The highest BCUT2D eigenvalue weighted by molar-refractivity contribution is 7.99. The first-order valence-corrected chi connectivity index (χ1v) is 6.55. The first-order chi connectivity index (χ1) is 8.22. The summed E-state index contributed by atoms with van der Waals surface area (Å²) in [4.78, 5) is 15.6. The van der Waals surface area contributed by atoms with Gasteiger partial charge in [-0.1, -0.05) is 12.1 Å². The topological polar surface area (TPSA) is 54.0 Å². The van der Waals surface area contributed by atoms with E-state index in [1.165, 1.54) is 0 Å². The van der Waals surface area contributed by atoms with E-state index in [-0.39, 0.29) is 6.03 Å². The molecule has 1 rings (SSSR count). The van der Waals surface area contributed by atoms with Crippen LogP contribution >= 0.6 is 11.8 Å². The molecule has 0 aliphatic carbocycles. The summed E-state index contributed by atoms with van der Waals surface area (Å²) in [5.74, 6) is 2.35. The largest absolute Gasteiger partial charge is 0.337 e. The minimum Gasteiger partial charge on any atom is -0.337 e. The second-order valence-electron chi connectivity index (χ2n) is 3.41. The molecule has 92 valence electrons. The van der Waals surface area contributed by atoms with Crippen LogP contribution in [0, 0.1) is 6.92 Å². The van der Waals surface area contributed by atoms with Crippen LogP contribution in [0.3, 0.4) is 0 Å². The van der Waals surface area contributed by atoms with Gasteiger partial charge in [0.2, 0.25) is 0 Å². The monoisotopic (exact) mass is 251 g/mol. The number of nitrogens with one attached hydrogen (secondary N) is 2. The van der Waals surface area contributed by atoms with Crippen LogP contribution in [0.2, 0.25) is 0 Å². The number of thioether (sulfide) groups is 1. The molecule has 17 heavy (non-hydrogen) atoms. The molecule has 0 aliphatic heterocycles. The summed E-state index contributed by atoms with van der Waals surface area (Å²) in [5, 5.41) is 5.45. The molecule has 2 N–H and O–H groups in total. The Hall–Kier alpha value is -1.49. The SMILES string of the molecule is C=CCSCCNC(=O)Nc1cccc(C)n1. The van der Waals surface area contributed by atoms with Gasteiger partial charge in [-0.25, -0.2) is 9.78 Å². The molecule has 0 aliphatic rings. The fraction of sp³-hybridized carbons (Fsp3) is 0.333. The fourth-order valence-corrected chi connectivity index (χ4v) is 1.76. The maximum absolute atomic E-state index is 11.5. The summed E-state index contributed by atoms with van der Waals surface area (Å²) in [6.45, 7) is 6.15. The van der Waals surface area contributed by atoms with Gasteiger partial charge in [0.15, 0.2) is 0 Å². The van der Waals surface area contributed by atoms with Crippen molar-refractivity contribution in [2.75, 3.05) is 23.4 Å². The highest BCUT2D eigenvalue weighted by Gasteiger charge is 2.01. The normalized spacial score (nSPS) is 9.71. The minimum atomic E-state index is -0.220. The summed E-state index contributed by atoms with van der Waals surface area (Å²) in [5.41, 5.74) is 0.879. The van der Waals surface area contributed by atoms with E-state index in [4.69, 9.17) is 0 Å². The Bertz CT molecular complexity index is 382. The molecular formula is C12H17N3OS. The third-order valence-corrected chi connectivity index (χ3v) is 2.86. The number of hydrogen-bond donors (Lipinski definition) is 2. The van der Waals surface area contributed by atoms with E-state index in [9.17, 15) is 4.79 Å². The van der Waals surface area contributed by atoms with Crippen LogP contribution in [0.15, 0.2) is 30.9 Å². The number of hydrogen-bond acceptors (Lipinski definition) is 3. The number of amides is 2. The van der Waals surface area contributed by atoms with Gasteiger partial charge in [-0.3, -0.25) is 5.32 Å². The van der Waals surface area contributed by atoms with Crippen molar-refractivity contribution < 1.29 is 4.79 Å². The standard InChI is InChI=1S/C12H17N3OS/c1-3-8-17-9-7-13-12(16)15-11-6-4-5-10(2)14-11/h3-6H,1,7-9H2,2H3,(H2,13,14,15,16). The fourth-order valence-electron chi connectivity index (χ4n) is 1.18. The molecular weight excluding hydrogens is 234 g/mol. The molecule has 0 spiro atoms. The van der Waals surface area contributed by atoms with E-state index in [1.807, 2.05) is 25.1 Å². The van der Waals surface area contributed by atoms with Gasteiger partial charge in [0.1, 0.15) is 5.82 Å². The van der Waals surface area contributed by atoms with E-state index in [2.05, 4.69) is 22.2 Å². The van der Waals surface area contributed by atoms with Crippen LogP contribution in [0.1, 0.15) is 5.69 Å². The predicted octanol–water partition coefficient (Wildman–Crippen LogP) is 2.43. The number of urea groups is 1. The maximum Gasteiger partial charge on any atom is 0.320 e. The minimum absolute atomic E-state index is 0.220. The van der Waals surface area contributed by atoms with E-state index in [1.54, 1.807) is 17.8 Å². The summed E-state index contributed by atoms with van der Waals surface area (Å²) in [6.07, 6.45) is 1.85. The summed E-state index contributed by atoms with van der Waals surface area (Å²) in [7, 11) is 0. The van der Waals surface area contributed by atoms with Crippen molar-refractivity contribution in [3.8, 4) is 0 Å². The molecule has 1 aromatic rings. The molecule has 0 unspecified atom stereocenters. The number of aryl methyl sites for hydroxylation is 1. The highest BCUT2D eigenvalue weighted by atomic mass is 32.2. The van der Waals surface area contributed by atoms with Gasteiger partial charge >= 0.3 is 6.03 Å². The van der Waals surface area contributed by atoms with E-state index < -0.39 is 0 Å². The molecule has 0 radical (unpaired) electrons. The van der Waals surface area contributed by atoms with Crippen molar-refractivity contribution >= 4 is 23.6 Å². The Labute approximate surface area is 106 Å². The van der Waals surface area contributed by atoms with Crippen LogP contribution in [0.25, 0.3) is 0 Å². The zero-order chi connectivity index (χ0) is 12.5. The van der Waals surface area contributed by atoms with E-state index in [0.29, 0.717) is 12.4 Å². The molecule has 0 saturated carbocycles. The van der Waals surface area contributed by atoms with Crippen LogP contribution < -0.4 is 10.6 Å². The van der Waals surface area contributed by atoms with Gasteiger partial charge < -0.3 is 5.32 Å². The van der Waals surface area contributed by atoms with E-state index in [0.717, 1.165) is 17.2 Å². The van der Waals surface area contributed by atoms with Gasteiger partial charge in [-0.2, -0.15) is 11.8 Å². The third kappa shape index (κ3) is 5.97. The third-order valence-electron chi connectivity index (χ3n) is 1.90. The number of carbonyl (C=O) groups excluding carboxylic acids is 1. The second-order valence-corrected chi connectivity index (χ2v) is 4.56. The highest BCUT2D eigenvalue weighted by Crippen LogP contribution is 2.03. The van der Waals surface area contributed by atoms with Crippen LogP contribution in [0.4, 0.5) is 10.6 Å². The molecule has 1 aromatic heterocycles.